The van der Waals surface area contributed by atoms with E-state index in [-0.39, 0.29) is 19.4 Å². The maximum Gasteiger partial charge on any atom is 0.306 e. The summed E-state index contributed by atoms with van der Waals surface area (Å²) >= 11 is 0. The first-order chi connectivity index (χ1) is 36.0. The molecule has 15 heteroatoms. The van der Waals surface area contributed by atoms with Crippen molar-refractivity contribution >= 4 is 11.9 Å². The number of esters is 2. The first-order valence-corrected chi connectivity index (χ1v) is 28.9. The number of rotatable bonds is 45. The standard InChI is InChI=1S/C59H102O15/c1-3-5-7-9-11-13-15-17-19-21-23-25-27-29-31-33-35-37-39-41-50(61)69-44-47(72-51(62)42-40-38-36-34-32-30-28-26-24-22-20-18-16-14-12-10-8-6-4-2)45-70-58-57(68)55(66)53(64)49(74-58)46-71-59-56(67)54(65)52(63)48(43-60)73-59/h6,8,12,14,18,20,24,26,30,32,47-49,52-60,63-68H,3-5,7,9-11,13,15-17,19,21-23,25,27-29,31,33-46H2,1-2H3/b8-6+,14-12+,20-18+,26-24+,32-30+/t47-,48+,49+,52-,53-,54?,55?,56?,57?,58+,59+/m0/s1. The van der Waals surface area contributed by atoms with Crippen molar-refractivity contribution in [3.63, 3.8) is 0 Å². The molecule has 0 amide bonds. The van der Waals surface area contributed by atoms with Crippen molar-refractivity contribution in [1.82, 2.24) is 0 Å². The van der Waals surface area contributed by atoms with Gasteiger partial charge in [-0.05, 0) is 57.8 Å². The average molecular weight is 1050 g/mol. The van der Waals surface area contributed by atoms with E-state index in [0.717, 1.165) is 70.6 Å². The van der Waals surface area contributed by atoms with Crippen molar-refractivity contribution < 1.29 is 73.8 Å². The zero-order valence-corrected chi connectivity index (χ0v) is 45.6. The molecule has 0 radical (unpaired) electrons. The van der Waals surface area contributed by atoms with Gasteiger partial charge in [0.05, 0.1) is 19.8 Å². The number of hydrogen-bond donors (Lipinski definition) is 7. The second-order valence-electron chi connectivity index (χ2n) is 20.1. The van der Waals surface area contributed by atoms with Crippen molar-refractivity contribution in [2.45, 2.75) is 274 Å². The van der Waals surface area contributed by atoms with Crippen molar-refractivity contribution in [3.8, 4) is 0 Å². The zero-order chi connectivity index (χ0) is 53.9. The molecule has 0 saturated carbocycles. The number of allylic oxidation sites excluding steroid dienone is 10. The molecule has 11 atom stereocenters. The maximum atomic E-state index is 13.1. The Bertz CT molecular complexity index is 1520. The maximum absolute atomic E-state index is 13.1. The molecule has 4 unspecified atom stereocenters. The summed E-state index contributed by atoms with van der Waals surface area (Å²) in [5, 5.41) is 72.3. The van der Waals surface area contributed by atoms with Gasteiger partial charge in [-0.3, -0.25) is 9.59 Å². The summed E-state index contributed by atoms with van der Waals surface area (Å²) in [5.41, 5.74) is 0. The van der Waals surface area contributed by atoms with E-state index in [1.807, 2.05) is 0 Å². The van der Waals surface area contributed by atoms with Gasteiger partial charge in [-0.25, -0.2) is 0 Å². The lowest BCUT2D eigenvalue weighted by Crippen LogP contribution is -2.61. The van der Waals surface area contributed by atoms with Crippen molar-refractivity contribution in [3.05, 3.63) is 60.8 Å². The van der Waals surface area contributed by atoms with E-state index in [0.29, 0.717) is 12.8 Å². The Morgan fingerprint density at radius 1 is 0.446 bits per heavy atom. The molecule has 428 valence electrons. The highest BCUT2D eigenvalue weighted by Crippen LogP contribution is 2.27. The molecule has 0 spiro atoms. The summed E-state index contributed by atoms with van der Waals surface area (Å²) in [6.07, 6.45) is 36.7. The molecular weight excluding hydrogens is 949 g/mol. The first kappa shape index (κ1) is 67.3. The Morgan fingerprint density at radius 3 is 1.34 bits per heavy atom. The Kier molecular flexibility index (Phi) is 41.2. The van der Waals surface area contributed by atoms with Crippen LogP contribution in [0.1, 0.15) is 206 Å². The number of carbonyl (C=O) groups excluding carboxylic acids is 2. The summed E-state index contributed by atoms with van der Waals surface area (Å²) in [7, 11) is 0. The highest BCUT2D eigenvalue weighted by atomic mass is 16.7. The lowest BCUT2D eigenvalue weighted by Gasteiger charge is -2.42. The second-order valence-corrected chi connectivity index (χ2v) is 20.1. The molecule has 2 rings (SSSR count). The van der Waals surface area contributed by atoms with E-state index in [4.69, 9.17) is 28.4 Å². The van der Waals surface area contributed by atoms with Crippen LogP contribution in [-0.2, 0) is 38.0 Å². The van der Waals surface area contributed by atoms with Crippen LogP contribution in [0.25, 0.3) is 0 Å². The minimum absolute atomic E-state index is 0.125. The van der Waals surface area contributed by atoms with E-state index in [2.05, 4.69) is 74.6 Å². The van der Waals surface area contributed by atoms with E-state index < -0.39 is 99.3 Å². The van der Waals surface area contributed by atoms with Gasteiger partial charge < -0.3 is 64.2 Å². The fraction of sp³-hybridized carbons (Fsp3) is 0.797. The Morgan fingerprint density at radius 2 is 0.851 bits per heavy atom. The summed E-state index contributed by atoms with van der Waals surface area (Å²) in [5.74, 6) is -0.958. The average Bonchev–Trinajstić information content (AvgIpc) is 3.39. The third-order valence-corrected chi connectivity index (χ3v) is 13.5. The van der Waals surface area contributed by atoms with Gasteiger partial charge in [0.1, 0.15) is 55.4 Å². The smallest absolute Gasteiger partial charge is 0.306 e. The van der Waals surface area contributed by atoms with E-state index in [9.17, 15) is 45.3 Å². The Balaban J connectivity index is 1.77. The van der Waals surface area contributed by atoms with Gasteiger partial charge in [0.2, 0.25) is 0 Å². The SMILES string of the molecule is CC/C=C/C/C=C/C/C=C/C/C=C/C/C=C/CCCCCC(=O)O[C@@H](COC(=O)CCCCCCCCCCCCCCCCCCCCC)CO[C@@H]1O[C@H](CO[C@@H]2O[C@H](CO)[C@H](O)C(O)C2O)[C@H](O)C(O)C1O. The monoisotopic (exact) mass is 1050 g/mol. The third kappa shape index (κ3) is 32.1. The first-order valence-electron chi connectivity index (χ1n) is 28.9. The molecular formula is C59H102O15. The summed E-state index contributed by atoms with van der Waals surface area (Å²) in [4.78, 5) is 25.9. The van der Waals surface area contributed by atoms with Crippen molar-refractivity contribution in [2.24, 2.45) is 0 Å². The zero-order valence-electron chi connectivity index (χ0n) is 45.6. The lowest BCUT2D eigenvalue weighted by atomic mass is 9.98. The van der Waals surface area contributed by atoms with Gasteiger partial charge in [-0.15, -0.1) is 0 Å². The van der Waals surface area contributed by atoms with E-state index >= 15 is 0 Å². The molecule has 7 N–H and O–H groups in total. The molecule has 74 heavy (non-hydrogen) atoms. The van der Waals surface area contributed by atoms with Gasteiger partial charge in [-0.2, -0.15) is 0 Å². The molecule has 0 aromatic heterocycles. The van der Waals surface area contributed by atoms with Crippen LogP contribution in [0.3, 0.4) is 0 Å². The van der Waals surface area contributed by atoms with Crippen LogP contribution in [0.5, 0.6) is 0 Å². The largest absolute Gasteiger partial charge is 0.462 e. The van der Waals surface area contributed by atoms with Crippen molar-refractivity contribution in [2.75, 3.05) is 26.4 Å². The quantitative estimate of drug-likeness (QED) is 0.0171. The molecule has 0 aromatic carbocycles. The summed E-state index contributed by atoms with van der Waals surface area (Å²) in [6.45, 7) is 2.47. The molecule has 0 aliphatic carbocycles. The minimum Gasteiger partial charge on any atom is -0.462 e. The van der Waals surface area contributed by atoms with Crippen LogP contribution >= 0.6 is 0 Å². The fourth-order valence-electron chi connectivity index (χ4n) is 8.83. The third-order valence-electron chi connectivity index (χ3n) is 13.5. The number of aliphatic hydroxyl groups is 7. The highest BCUT2D eigenvalue weighted by molar-refractivity contribution is 5.70. The van der Waals surface area contributed by atoms with Crippen LogP contribution in [-0.4, -0.2) is 142 Å². The van der Waals surface area contributed by atoms with E-state index in [1.165, 1.54) is 96.3 Å². The molecule has 2 aliphatic rings. The topological polar surface area (TPSA) is 231 Å². The molecule has 2 saturated heterocycles. The molecule has 2 heterocycles. The van der Waals surface area contributed by atoms with Gasteiger partial charge in [0, 0.05) is 12.8 Å². The molecule has 2 fully saturated rings. The predicted molar refractivity (Wildman–Crippen MR) is 289 cm³/mol. The summed E-state index contributed by atoms with van der Waals surface area (Å²) < 4.78 is 33.7. The Hall–Kier alpha value is -2.80. The minimum atomic E-state index is -1.77. The number of unbranched alkanes of at least 4 members (excludes halogenated alkanes) is 21. The van der Waals surface area contributed by atoms with Crippen LogP contribution < -0.4 is 0 Å². The van der Waals surface area contributed by atoms with Gasteiger partial charge >= 0.3 is 11.9 Å². The van der Waals surface area contributed by atoms with E-state index in [1.54, 1.807) is 0 Å². The molecule has 15 nitrogen and oxygen atoms in total. The second kappa shape index (κ2) is 45.2. The van der Waals surface area contributed by atoms with Gasteiger partial charge in [0.25, 0.3) is 0 Å². The number of hydrogen-bond acceptors (Lipinski definition) is 15. The van der Waals surface area contributed by atoms with Crippen LogP contribution in [0, 0.1) is 0 Å². The van der Waals surface area contributed by atoms with Gasteiger partial charge in [0.15, 0.2) is 18.7 Å². The molecule has 2 aliphatic heterocycles. The van der Waals surface area contributed by atoms with Crippen molar-refractivity contribution in [1.29, 1.82) is 0 Å². The summed E-state index contributed by atoms with van der Waals surface area (Å²) in [6, 6.07) is 0. The van der Waals surface area contributed by atoms with Crippen LogP contribution in [0.2, 0.25) is 0 Å². The normalized spacial score (nSPS) is 25.1. The lowest BCUT2D eigenvalue weighted by molar-refractivity contribution is -0.332. The number of carbonyl (C=O) groups is 2. The van der Waals surface area contributed by atoms with Crippen LogP contribution in [0.4, 0.5) is 0 Å². The molecule has 0 aromatic rings. The van der Waals surface area contributed by atoms with Gasteiger partial charge in [-0.1, -0.05) is 197 Å². The predicted octanol–water partition coefficient (Wildman–Crippen LogP) is 9.61. The van der Waals surface area contributed by atoms with Crippen LogP contribution in [0.15, 0.2) is 60.8 Å². The molecule has 0 bridgehead atoms. The highest BCUT2D eigenvalue weighted by Gasteiger charge is 2.47. The fourth-order valence-corrected chi connectivity index (χ4v) is 8.83. The number of aliphatic hydroxyl groups excluding tert-OH is 7. The Labute approximate surface area is 445 Å². The number of ether oxygens (including phenoxy) is 6.